The SMILES string of the molecule is CCCCCCCCCCCCCCCCCC[SiH2]C. The van der Waals surface area contributed by atoms with E-state index in [9.17, 15) is 0 Å². The lowest BCUT2D eigenvalue weighted by Gasteiger charge is -2.03. The zero-order valence-corrected chi connectivity index (χ0v) is 16.1. The fourth-order valence-electron chi connectivity index (χ4n) is 2.97. The highest BCUT2D eigenvalue weighted by atomic mass is 28.2. The van der Waals surface area contributed by atoms with Crippen LogP contribution in [0.5, 0.6) is 0 Å². The van der Waals surface area contributed by atoms with Crippen molar-refractivity contribution in [3.63, 3.8) is 0 Å². The van der Waals surface area contributed by atoms with Crippen LogP contribution in [0.2, 0.25) is 12.6 Å². The summed E-state index contributed by atoms with van der Waals surface area (Å²) in [6.07, 6.45) is 23.8. The second-order valence-electron chi connectivity index (χ2n) is 6.66. The maximum Gasteiger partial charge on any atom is 0.0166 e. The van der Waals surface area contributed by atoms with E-state index in [1.807, 2.05) is 0 Å². The molecule has 0 unspecified atom stereocenters. The Kier molecular flexibility index (Phi) is 19.4. The summed E-state index contributed by atoms with van der Waals surface area (Å²) >= 11 is 0. The fraction of sp³-hybridized carbons (Fsp3) is 1.00. The summed E-state index contributed by atoms with van der Waals surface area (Å²) < 4.78 is 0. The van der Waals surface area contributed by atoms with Gasteiger partial charge in [-0.1, -0.05) is 122 Å². The van der Waals surface area contributed by atoms with Crippen molar-refractivity contribution >= 4 is 9.52 Å². The van der Waals surface area contributed by atoms with Gasteiger partial charge in [0.25, 0.3) is 0 Å². The third-order valence-electron chi connectivity index (χ3n) is 4.46. The smallest absolute Gasteiger partial charge is 0.0166 e. The van der Waals surface area contributed by atoms with Gasteiger partial charge in [0.15, 0.2) is 0 Å². The van der Waals surface area contributed by atoms with E-state index in [4.69, 9.17) is 0 Å². The molecule has 0 saturated carbocycles. The topological polar surface area (TPSA) is 0 Å². The molecule has 0 amide bonds. The molecule has 0 atom stereocenters. The predicted octanol–water partition coefficient (Wildman–Crippen LogP) is 6.88. The normalized spacial score (nSPS) is 11.7. The molecular weight excluding hydrogens is 256 g/mol. The first-order valence-corrected chi connectivity index (χ1v) is 12.3. The zero-order chi connectivity index (χ0) is 14.7. The number of unbranched alkanes of at least 4 members (excludes halogenated alkanes) is 15. The van der Waals surface area contributed by atoms with E-state index in [0.717, 1.165) is 0 Å². The molecule has 0 radical (unpaired) electrons. The molecule has 0 aromatic heterocycles. The minimum atomic E-state index is 0.349. The van der Waals surface area contributed by atoms with Gasteiger partial charge < -0.3 is 0 Å². The largest absolute Gasteiger partial charge is 0.0748 e. The van der Waals surface area contributed by atoms with Crippen LogP contribution in [-0.2, 0) is 0 Å². The molecule has 0 aliphatic carbocycles. The molecule has 0 aromatic rings. The van der Waals surface area contributed by atoms with Gasteiger partial charge in [0.2, 0.25) is 0 Å². The molecule has 122 valence electrons. The maximum absolute atomic E-state index is 2.44. The van der Waals surface area contributed by atoms with Crippen LogP contribution in [0.3, 0.4) is 0 Å². The molecule has 20 heavy (non-hydrogen) atoms. The molecule has 1 heteroatoms. The first-order valence-electron chi connectivity index (χ1n) is 9.91. The van der Waals surface area contributed by atoms with Crippen molar-refractivity contribution in [2.75, 3.05) is 0 Å². The van der Waals surface area contributed by atoms with E-state index in [1.165, 1.54) is 103 Å². The van der Waals surface area contributed by atoms with E-state index in [1.54, 1.807) is 6.04 Å². The molecule has 0 aromatic carbocycles. The van der Waals surface area contributed by atoms with Crippen LogP contribution >= 0.6 is 0 Å². The van der Waals surface area contributed by atoms with Crippen molar-refractivity contribution in [1.29, 1.82) is 0 Å². The lowest BCUT2D eigenvalue weighted by atomic mass is 10.0. The van der Waals surface area contributed by atoms with E-state index in [2.05, 4.69) is 13.5 Å². The maximum atomic E-state index is 2.44. The average Bonchev–Trinajstić information content (AvgIpc) is 2.47. The standard InChI is InChI=1S/C19H42Si/c1-3-4-5-6-7-8-9-10-11-12-13-14-15-16-17-18-19-20-2/h3-20H2,1-2H3. The van der Waals surface area contributed by atoms with Gasteiger partial charge >= 0.3 is 0 Å². The van der Waals surface area contributed by atoms with Gasteiger partial charge in [0, 0.05) is 9.52 Å². The number of hydrogen-bond donors (Lipinski definition) is 0. The Morgan fingerprint density at radius 3 is 1.05 bits per heavy atom. The van der Waals surface area contributed by atoms with Crippen LogP contribution in [0.15, 0.2) is 0 Å². The van der Waals surface area contributed by atoms with Gasteiger partial charge in [-0.25, -0.2) is 0 Å². The highest BCUT2D eigenvalue weighted by molar-refractivity contribution is 6.33. The van der Waals surface area contributed by atoms with Gasteiger partial charge in [-0.15, -0.1) is 0 Å². The highest BCUT2D eigenvalue weighted by Gasteiger charge is 1.94. The Balaban J connectivity index is 2.89. The summed E-state index contributed by atoms with van der Waals surface area (Å²) in [5.41, 5.74) is 0. The van der Waals surface area contributed by atoms with E-state index < -0.39 is 0 Å². The third-order valence-corrected chi connectivity index (χ3v) is 5.66. The molecule has 0 nitrogen and oxygen atoms in total. The second kappa shape index (κ2) is 19.2. The van der Waals surface area contributed by atoms with Crippen molar-refractivity contribution in [3.05, 3.63) is 0 Å². The van der Waals surface area contributed by atoms with Crippen LogP contribution in [-0.4, -0.2) is 9.52 Å². The van der Waals surface area contributed by atoms with Gasteiger partial charge in [-0.05, 0) is 0 Å². The molecule has 0 aliphatic rings. The number of hydrogen-bond acceptors (Lipinski definition) is 0. The first kappa shape index (κ1) is 20.2. The van der Waals surface area contributed by atoms with Crippen molar-refractivity contribution < 1.29 is 0 Å². The molecule has 0 aliphatic heterocycles. The van der Waals surface area contributed by atoms with Crippen molar-refractivity contribution in [2.45, 2.75) is 122 Å². The third kappa shape index (κ3) is 18.2. The first-order chi connectivity index (χ1) is 9.91. The zero-order valence-electron chi connectivity index (χ0n) is 14.7. The lowest BCUT2D eigenvalue weighted by Crippen LogP contribution is -1.84. The van der Waals surface area contributed by atoms with Crippen molar-refractivity contribution in [2.24, 2.45) is 0 Å². The highest BCUT2D eigenvalue weighted by Crippen LogP contribution is 2.13. The minimum Gasteiger partial charge on any atom is -0.0748 e. The number of rotatable bonds is 17. The molecule has 0 N–H and O–H groups in total. The van der Waals surface area contributed by atoms with Gasteiger partial charge in [-0.2, -0.15) is 0 Å². The molecule has 0 fully saturated rings. The Bertz CT molecular complexity index is 138. The summed E-state index contributed by atoms with van der Waals surface area (Å²) in [7, 11) is 0.349. The second-order valence-corrected chi connectivity index (χ2v) is 8.36. The van der Waals surface area contributed by atoms with E-state index >= 15 is 0 Å². The summed E-state index contributed by atoms with van der Waals surface area (Å²) in [5.74, 6) is 0. The summed E-state index contributed by atoms with van der Waals surface area (Å²) in [6.45, 7) is 4.73. The van der Waals surface area contributed by atoms with Crippen molar-refractivity contribution in [1.82, 2.24) is 0 Å². The molecule has 0 heterocycles. The van der Waals surface area contributed by atoms with Crippen LogP contribution in [0.1, 0.15) is 110 Å². The van der Waals surface area contributed by atoms with Crippen LogP contribution in [0.25, 0.3) is 0 Å². The van der Waals surface area contributed by atoms with Gasteiger partial charge in [-0.3, -0.25) is 0 Å². The summed E-state index contributed by atoms with van der Waals surface area (Å²) in [6, 6.07) is 1.58. The fourth-order valence-corrected chi connectivity index (χ4v) is 3.83. The Labute approximate surface area is 132 Å². The van der Waals surface area contributed by atoms with Gasteiger partial charge in [0.1, 0.15) is 0 Å². The van der Waals surface area contributed by atoms with Crippen LogP contribution < -0.4 is 0 Å². The minimum absolute atomic E-state index is 0.349. The van der Waals surface area contributed by atoms with Gasteiger partial charge in [0.05, 0.1) is 0 Å². The van der Waals surface area contributed by atoms with Crippen LogP contribution in [0, 0.1) is 0 Å². The Morgan fingerprint density at radius 1 is 0.450 bits per heavy atom. The lowest BCUT2D eigenvalue weighted by molar-refractivity contribution is 0.531. The van der Waals surface area contributed by atoms with Crippen LogP contribution in [0.4, 0.5) is 0 Å². The molecule has 0 rings (SSSR count). The molecule has 0 bridgehead atoms. The summed E-state index contributed by atoms with van der Waals surface area (Å²) in [4.78, 5) is 0. The molecular formula is C19H42Si. The Hall–Kier alpha value is 0.217. The quantitative estimate of drug-likeness (QED) is 0.203. The Morgan fingerprint density at radius 2 is 0.750 bits per heavy atom. The predicted molar refractivity (Wildman–Crippen MR) is 98.8 cm³/mol. The molecule has 0 saturated heterocycles. The monoisotopic (exact) mass is 298 g/mol. The van der Waals surface area contributed by atoms with E-state index in [0.29, 0.717) is 9.52 Å². The average molecular weight is 299 g/mol. The molecule has 0 spiro atoms. The van der Waals surface area contributed by atoms with E-state index in [-0.39, 0.29) is 0 Å². The van der Waals surface area contributed by atoms with Crippen molar-refractivity contribution in [3.8, 4) is 0 Å². The summed E-state index contributed by atoms with van der Waals surface area (Å²) in [5, 5.41) is 0.